The van der Waals surface area contributed by atoms with Gasteiger partial charge in [-0.25, -0.2) is 0 Å². The Morgan fingerprint density at radius 1 is 1.29 bits per heavy atom. The van der Waals surface area contributed by atoms with Gasteiger partial charge in [0.1, 0.15) is 0 Å². The van der Waals surface area contributed by atoms with E-state index in [2.05, 4.69) is 11.9 Å². The monoisotopic (exact) mass is 241 g/mol. The van der Waals surface area contributed by atoms with Crippen LogP contribution in [-0.4, -0.2) is 37.1 Å². The van der Waals surface area contributed by atoms with Crippen LogP contribution in [-0.2, 0) is 9.53 Å². The standard InChI is InChI=1S/C14H27NO2/c1-4-17-14(16)12(2)11-15(3)13-9-7-5-6-8-10-13/h12-13H,4-11H2,1-3H3. The van der Waals surface area contributed by atoms with Crippen LogP contribution in [0.2, 0.25) is 0 Å². The van der Waals surface area contributed by atoms with E-state index in [0.717, 1.165) is 6.54 Å². The minimum Gasteiger partial charge on any atom is -0.466 e. The number of nitrogens with zero attached hydrogens (tertiary/aromatic N) is 1. The van der Waals surface area contributed by atoms with Gasteiger partial charge in [-0.2, -0.15) is 0 Å². The quantitative estimate of drug-likeness (QED) is 0.547. The van der Waals surface area contributed by atoms with Crippen molar-refractivity contribution in [3.8, 4) is 0 Å². The lowest BCUT2D eigenvalue weighted by Crippen LogP contribution is -2.37. The molecule has 100 valence electrons. The van der Waals surface area contributed by atoms with Crippen molar-refractivity contribution in [2.75, 3.05) is 20.2 Å². The number of ether oxygens (including phenoxy) is 1. The first-order valence-electron chi connectivity index (χ1n) is 7.02. The third kappa shape index (κ3) is 5.07. The normalized spacial score (nSPS) is 20.0. The summed E-state index contributed by atoms with van der Waals surface area (Å²) in [5, 5.41) is 0. The van der Waals surface area contributed by atoms with Crippen LogP contribution in [0.3, 0.4) is 0 Å². The molecule has 0 amide bonds. The summed E-state index contributed by atoms with van der Waals surface area (Å²) in [7, 11) is 2.14. The summed E-state index contributed by atoms with van der Waals surface area (Å²) >= 11 is 0. The van der Waals surface area contributed by atoms with Crippen LogP contribution >= 0.6 is 0 Å². The number of rotatable bonds is 5. The van der Waals surface area contributed by atoms with Crippen LogP contribution in [0, 0.1) is 5.92 Å². The largest absolute Gasteiger partial charge is 0.466 e. The van der Waals surface area contributed by atoms with E-state index in [0.29, 0.717) is 12.6 Å². The van der Waals surface area contributed by atoms with Crippen molar-refractivity contribution in [2.45, 2.75) is 58.4 Å². The van der Waals surface area contributed by atoms with Crippen molar-refractivity contribution in [3.05, 3.63) is 0 Å². The maximum Gasteiger partial charge on any atom is 0.309 e. The Morgan fingerprint density at radius 3 is 2.41 bits per heavy atom. The molecule has 1 aliphatic rings. The summed E-state index contributed by atoms with van der Waals surface area (Å²) in [6.45, 7) is 5.13. The van der Waals surface area contributed by atoms with Crippen LogP contribution in [0.15, 0.2) is 0 Å². The molecule has 0 saturated heterocycles. The molecule has 0 aromatic rings. The molecule has 1 atom stereocenters. The van der Waals surface area contributed by atoms with E-state index < -0.39 is 0 Å². The van der Waals surface area contributed by atoms with Gasteiger partial charge in [-0.05, 0) is 26.8 Å². The average molecular weight is 241 g/mol. The Bertz CT molecular complexity index is 222. The van der Waals surface area contributed by atoms with E-state index in [9.17, 15) is 4.79 Å². The zero-order valence-corrected chi connectivity index (χ0v) is 11.6. The van der Waals surface area contributed by atoms with Crippen molar-refractivity contribution >= 4 is 5.97 Å². The lowest BCUT2D eigenvalue weighted by atomic mass is 10.1. The zero-order valence-electron chi connectivity index (χ0n) is 11.6. The molecule has 3 nitrogen and oxygen atoms in total. The Hall–Kier alpha value is -0.570. The molecule has 1 rings (SSSR count). The van der Waals surface area contributed by atoms with Gasteiger partial charge in [0.15, 0.2) is 0 Å². The first kappa shape index (κ1) is 14.5. The third-order valence-corrected chi connectivity index (χ3v) is 3.70. The lowest BCUT2D eigenvalue weighted by Gasteiger charge is -2.28. The van der Waals surface area contributed by atoms with Crippen molar-refractivity contribution in [1.82, 2.24) is 4.90 Å². The molecular formula is C14H27NO2. The molecule has 1 unspecified atom stereocenters. The van der Waals surface area contributed by atoms with E-state index in [-0.39, 0.29) is 11.9 Å². The van der Waals surface area contributed by atoms with E-state index in [1.54, 1.807) is 0 Å². The van der Waals surface area contributed by atoms with E-state index in [1.807, 2.05) is 13.8 Å². The average Bonchev–Trinajstić information content (AvgIpc) is 2.57. The molecule has 0 aromatic heterocycles. The summed E-state index contributed by atoms with van der Waals surface area (Å²) in [4.78, 5) is 13.9. The Balaban J connectivity index is 2.35. The summed E-state index contributed by atoms with van der Waals surface area (Å²) in [5.74, 6) is -0.0730. The maximum atomic E-state index is 11.6. The second-order valence-electron chi connectivity index (χ2n) is 5.24. The van der Waals surface area contributed by atoms with Crippen LogP contribution < -0.4 is 0 Å². The van der Waals surface area contributed by atoms with Gasteiger partial charge in [0.05, 0.1) is 12.5 Å². The van der Waals surface area contributed by atoms with Crippen LogP contribution in [0.5, 0.6) is 0 Å². The first-order valence-corrected chi connectivity index (χ1v) is 7.02. The predicted octanol–water partition coefficient (Wildman–Crippen LogP) is 2.84. The summed E-state index contributed by atoms with van der Waals surface area (Å²) in [6.07, 6.45) is 7.99. The van der Waals surface area contributed by atoms with Gasteiger partial charge in [-0.1, -0.05) is 32.6 Å². The van der Waals surface area contributed by atoms with Crippen molar-refractivity contribution < 1.29 is 9.53 Å². The highest BCUT2D eigenvalue weighted by molar-refractivity contribution is 5.72. The molecule has 0 N–H and O–H groups in total. The van der Waals surface area contributed by atoms with Gasteiger partial charge >= 0.3 is 5.97 Å². The SMILES string of the molecule is CCOC(=O)C(C)CN(C)C1CCCCCC1. The smallest absolute Gasteiger partial charge is 0.309 e. The summed E-state index contributed by atoms with van der Waals surface area (Å²) < 4.78 is 5.05. The van der Waals surface area contributed by atoms with Crippen molar-refractivity contribution in [2.24, 2.45) is 5.92 Å². The number of esters is 1. The van der Waals surface area contributed by atoms with Gasteiger partial charge in [0, 0.05) is 12.6 Å². The summed E-state index contributed by atoms with van der Waals surface area (Å²) in [5.41, 5.74) is 0. The van der Waals surface area contributed by atoms with Crippen LogP contribution in [0.25, 0.3) is 0 Å². The second-order valence-corrected chi connectivity index (χ2v) is 5.24. The zero-order chi connectivity index (χ0) is 12.7. The van der Waals surface area contributed by atoms with E-state index in [4.69, 9.17) is 4.74 Å². The Labute approximate surface area is 106 Å². The van der Waals surface area contributed by atoms with E-state index >= 15 is 0 Å². The van der Waals surface area contributed by atoms with Gasteiger partial charge in [0.2, 0.25) is 0 Å². The highest BCUT2D eigenvalue weighted by atomic mass is 16.5. The molecule has 17 heavy (non-hydrogen) atoms. The fraction of sp³-hybridized carbons (Fsp3) is 0.929. The van der Waals surface area contributed by atoms with Gasteiger partial charge in [-0.15, -0.1) is 0 Å². The Kier molecular flexibility index (Phi) is 6.56. The molecule has 3 heteroatoms. The second kappa shape index (κ2) is 7.70. The predicted molar refractivity (Wildman–Crippen MR) is 69.9 cm³/mol. The first-order chi connectivity index (χ1) is 8.15. The molecule has 0 aliphatic heterocycles. The fourth-order valence-electron chi connectivity index (χ4n) is 2.64. The van der Waals surface area contributed by atoms with Gasteiger partial charge in [0.25, 0.3) is 0 Å². The van der Waals surface area contributed by atoms with Crippen LogP contribution in [0.1, 0.15) is 52.4 Å². The fourth-order valence-corrected chi connectivity index (χ4v) is 2.64. The van der Waals surface area contributed by atoms with Gasteiger partial charge < -0.3 is 9.64 Å². The number of hydrogen-bond donors (Lipinski definition) is 0. The van der Waals surface area contributed by atoms with Crippen molar-refractivity contribution in [3.63, 3.8) is 0 Å². The van der Waals surface area contributed by atoms with Crippen molar-refractivity contribution in [1.29, 1.82) is 0 Å². The molecule has 1 saturated carbocycles. The third-order valence-electron chi connectivity index (χ3n) is 3.70. The molecule has 0 bridgehead atoms. The number of carbonyl (C=O) groups excluding carboxylic acids is 1. The molecule has 0 aromatic carbocycles. The highest BCUT2D eigenvalue weighted by Crippen LogP contribution is 2.21. The number of hydrogen-bond acceptors (Lipinski definition) is 3. The molecule has 0 spiro atoms. The minimum absolute atomic E-state index is 0.0109. The molecule has 1 aliphatic carbocycles. The topological polar surface area (TPSA) is 29.5 Å². The molecule has 1 fully saturated rings. The van der Waals surface area contributed by atoms with E-state index in [1.165, 1.54) is 38.5 Å². The maximum absolute atomic E-state index is 11.6. The van der Waals surface area contributed by atoms with Crippen LogP contribution in [0.4, 0.5) is 0 Å². The van der Waals surface area contributed by atoms with Gasteiger partial charge in [-0.3, -0.25) is 4.79 Å². The molecular weight excluding hydrogens is 214 g/mol. The minimum atomic E-state index is -0.0621. The number of carbonyl (C=O) groups is 1. The molecule has 0 radical (unpaired) electrons. The molecule has 0 heterocycles. The lowest BCUT2D eigenvalue weighted by molar-refractivity contribution is -0.148. The highest BCUT2D eigenvalue weighted by Gasteiger charge is 2.22. The summed E-state index contributed by atoms with van der Waals surface area (Å²) in [6, 6.07) is 0.661. The Morgan fingerprint density at radius 2 is 1.88 bits per heavy atom.